The van der Waals surface area contributed by atoms with Crippen molar-refractivity contribution in [2.75, 3.05) is 12.8 Å². The second-order valence-corrected chi connectivity index (χ2v) is 8.27. The number of carbonyl (C=O) groups is 1. The predicted octanol–water partition coefficient (Wildman–Crippen LogP) is 4.13. The van der Waals surface area contributed by atoms with E-state index in [0.29, 0.717) is 29.7 Å². The van der Waals surface area contributed by atoms with Crippen molar-refractivity contribution in [2.45, 2.75) is 38.3 Å². The Morgan fingerprint density at radius 3 is 2.64 bits per heavy atom. The van der Waals surface area contributed by atoms with E-state index in [0.717, 1.165) is 40.7 Å². The highest BCUT2D eigenvalue weighted by Gasteiger charge is 2.24. The van der Waals surface area contributed by atoms with Crippen molar-refractivity contribution >= 4 is 22.8 Å². The number of ether oxygens (including phenoxy) is 1. The van der Waals surface area contributed by atoms with Gasteiger partial charge < -0.3 is 15.8 Å². The highest BCUT2D eigenvalue weighted by Crippen LogP contribution is 2.36. The fourth-order valence-electron chi connectivity index (χ4n) is 4.49. The summed E-state index contributed by atoms with van der Waals surface area (Å²) >= 11 is 0. The lowest BCUT2D eigenvalue weighted by atomic mass is 10.1. The number of amides is 1. The lowest BCUT2D eigenvalue weighted by Gasteiger charge is -2.10. The van der Waals surface area contributed by atoms with E-state index in [9.17, 15) is 4.79 Å². The topological polar surface area (TPSA) is 108 Å². The molecule has 8 heteroatoms. The first-order chi connectivity index (χ1) is 16.2. The van der Waals surface area contributed by atoms with Gasteiger partial charge in [0.1, 0.15) is 23.6 Å². The maximum absolute atomic E-state index is 12.6. The Hall–Kier alpha value is -3.94. The first-order valence-corrected chi connectivity index (χ1v) is 11.1. The molecule has 8 nitrogen and oxygen atoms in total. The molecule has 2 heterocycles. The van der Waals surface area contributed by atoms with E-state index < -0.39 is 0 Å². The lowest BCUT2D eigenvalue weighted by Crippen LogP contribution is -2.23. The number of hydrogen-bond acceptors (Lipinski definition) is 6. The third kappa shape index (κ3) is 4.00. The van der Waals surface area contributed by atoms with Crippen LogP contribution in [0.25, 0.3) is 22.3 Å². The summed E-state index contributed by atoms with van der Waals surface area (Å²) < 4.78 is 7.30. The Kier molecular flexibility index (Phi) is 5.64. The van der Waals surface area contributed by atoms with Crippen LogP contribution in [-0.2, 0) is 6.54 Å². The van der Waals surface area contributed by atoms with Crippen LogP contribution in [-0.4, -0.2) is 32.8 Å². The molecule has 2 aromatic carbocycles. The van der Waals surface area contributed by atoms with Crippen LogP contribution in [0.15, 0.2) is 54.9 Å². The zero-order valence-electron chi connectivity index (χ0n) is 18.5. The first kappa shape index (κ1) is 20.9. The second-order valence-electron chi connectivity index (χ2n) is 8.27. The van der Waals surface area contributed by atoms with Gasteiger partial charge in [-0.05, 0) is 30.5 Å². The molecule has 0 saturated heterocycles. The summed E-state index contributed by atoms with van der Waals surface area (Å²) in [6, 6.07) is 15.5. The van der Waals surface area contributed by atoms with Crippen LogP contribution in [0.5, 0.6) is 5.75 Å². The van der Waals surface area contributed by atoms with Crippen LogP contribution in [0.4, 0.5) is 5.82 Å². The summed E-state index contributed by atoms with van der Waals surface area (Å²) in [5.74, 6) is 0.810. The smallest absolute Gasteiger partial charge is 0.255 e. The van der Waals surface area contributed by atoms with E-state index >= 15 is 0 Å². The number of hydrogen-bond donors (Lipinski definition) is 2. The molecule has 0 bridgehead atoms. The summed E-state index contributed by atoms with van der Waals surface area (Å²) in [6.45, 7) is 0.402. The van der Waals surface area contributed by atoms with E-state index in [1.165, 1.54) is 19.2 Å². The summed E-state index contributed by atoms with van der Waals surface area (Å²) in [7, 11) is 1.56. The van der Waals surface area contributed by atoms with Gasteiger partial charge >= 0.3 is 0 Å². The molecule has 4 aromatic rings. The number of benzene rings is 2. The molecule has 1 fully saturated rings. The standard InChI is InChI=1S/C25H26N6O2/c1-33-20-9-5-4-8-19(20)25(32)27-14-16-10-12-17(13-11-16)22-21-23(26)28-15-29-24(21)31(30-22)18-6-2-3-7-18/h4-5,8-13,15,18H,2-3,6-7,14H2,1H3,(H,27,32)(H2,26,28,29). The van der Waals surface area contributed by atoms with Gasteiger partial charge in [0.25, 0.3) is 5.91 Å². The molecule has 1 amide bonds. The maximum atomic E-state index is 12.6. The Morgan fingerprint density at radius 2 is 1.88 bits per heavy atom. The highest BCUT2D eigenvalue weighted by atomic mass is 16.5. The number of nitrogens with two attached hydrogens (primary N) is 1. The lowest BCUT2D eigenvalue weighted by molar-refractivity contribution is 0.0948. The maximum Gasteiger partial charge on any atom is 0.255 e. The van der Waals surface area contributed by atoms with Crippen molar-refractivity contribution in [1.29, 1.82) is 0 Å². The summed E-state index contributed by atoms with van der Waals surface area (Å²) in [5, 5.41) is 8.66. The molecule has 0 unspecified atom stereocenters. The number of fused-ring (bicyclic) bond motifs is 1. The summed E-state index contributed by atoms with van der Waals surface area (Å²) in [5.41, 5.74) is 10.2. The Bertz CT molecular complexity index is 1290. The van der Waals surface area contributed by atoms with Crippen LogP contribution < -0.4 is 15.8 Å². The van der Waals surface area contributed by atoms with E-state index in [1.54, 1.807) is 19.2 Å². The largest absolute Gasteiger partial charge is 0.496 e. The van der Waals surface area contributed by atoms with Gasteiger partial charge in [-0.1, -0.05) is 49.2 Å². The van der Waals surface area contributed by atoms with Gasteiger partial charge in [0.15, 0.2) is 5.65 Å². The van der Waals surface area contributed by atoms with Crippen LogP contribution in [0, 0.1) is 0 Å². The first-order valence-electron chi connectivity index (χ1n) is 11.1. The van der Waals surface area contributed by atoms with Crippen molar-refractivity contribution in [3.05, 3.63) is 66.0 Å². The number of aromatic nitrogens is 4. The number of rotatable bonds is 6. The minimum absolute atomic E-state index is 0.178. The van der Waals surface area contributed by atoms with Gasteiger partial charge in [0.2, 0.25) is 0 Å². The van der Waals surface area contributed by atoms with Gasteiger partial charge in [-0.25, -0.2) is 14.6 Å². The van der Waals surface area contributed by atoms with Crippen LogP contribution >= 0.6 is 0 Å². The molecule has 2 aromatic heterocycles. The van der Waals surface area contributed by atoms with E-state index in [4.69, 9.17) is 15.6 Å². The van der Waals surface area contributed by atoms with Crippen LogP contribution in [0.1, 0.15) is 47.6 Å². The number of nitrogens with zero attached hydrogens (tertiary/aromatic N) is 4. The molecule has 1 aliphatic rings. The van der Waals surface area contributed by atoms with Crippen LogP contribution in [0.2, 0.25) is 0 Å². The fraction of sp³-hybridized carbons (Fsp3) is 0.280. The molecule has 3 N–H and O–H groups in total. The van der Waals surface area contributed by atoms with Gasteiger partial charge in [0, 0.05) is 12.1 Å². The molecule has 0 aliphatic heterocycles. The van der Waals surface area contributed by atoms with E-state index in [2.05, 4.69) is 15.3 Å². The molecular weight excluding hydrogens is 416 g/mol. The quantitative estimate of drug-likeness (QED) is 0.465. The molecule has 5 rings (SSSR count). The van der Waals surface area contributed by atoms with Crippen molar-refractivity contribution in [3.8, 4) is 17.0 Å². The van der Waals surface area contributed by atoms with Gasteiger partial charge in [-0.2, -0.15) is 5.10 Å². The van der Waals surface area contributed by atoms with Crippen LogP contribution in [0.3, 0.4) is 0 Å². The fourth-order valence-corrected chi connectivity index (χ4v) is 4.49. The van der Waals surface area contributed by atoms with Gasteiger partial charge in [-0.15, -0.1) is 0 Å². The molecule has 0 spiro atoms. The predicted molar refractivity (Wildman–Crippen MR) is 127 cm³/mol. The Balaban J connectivity index is 1.38. The van der Waals surface area contributed by atoms with Crippen molar-refractivity contribution in [2.24, 2.45) is 0 Å². The summed E-state index contributed by atoms with van der Waals surface area (Å²) in [6.07, 6.45) is 6.12. The zero-order valence-corrected chi connectivity index (χ0v) is 18.5. The summed E-state index contributed by atoms with van der Waals surface area (Å²) in [4.78, 5) is 21.3. The zero-order chi connectivity index (χ0) is 22.8. The number of nitrogen functional groups attached to an aromatic ring is 1. The van der Waals surface area contributed by atoms with E-state index in [1.807, 2.05) is 41.1 Å². The number of para-hydroxylation sites is 1. The molecule has 33 heavy (non-hydrogen) atoms. The Labute approximate surface area is 191 Å². The monoisotopic (exact) mass is 442 g/mol. The number of anilines is 1. The third-order valence-electron chi connectivity index (χ3n) is 6.22. The second kappa shape index (κ2) is 8.90. The Morgan fingerprint density at radius 1 is 1.12 bits per heavy atom. The van der Waals surface area contributed by atoms with Gasteiger partial charge in [-0.3, -0.25) is 4.79 Å². The molecule has 168 valence electrons. The number of carbonyl (C=O) groups excluding carboxylic acids is 1. The van der Waals surface area contributed by atoms with Crippen molar-refractivity contribution in [1.82, 2.24) is 25.1 Å². The molecule has 0 radical (unpaired) electrons. The third-order valence-corrected chi connectivity index (χ3v) is 6.22. The SMILES string of the molecule is COc1ccccc1C(=O)NCc1ccc(-c2nn(C3CCCC3)c3ncnc(N)c23)cc1. The highest BCUT2D eigenvalue weighted by molar-refractivity contribution is 5.98. The average Bonchev–Trinajstić information content (AvgIpc) is 3.51. The molecule has 1 saturated carbocycles. The molecule has 1 aliphatic carbocycles. The van der Waals surface area contributed by atoms with Crippen molar-refractivity contribution < 1.29 is 9.53 Å². The minimum Gasteiger partial charge on any atom is -0.496 e. The minimum atomic E-state index is -0.178. The van der Waals surface area contributed by atoms with Crippen molar-refractivity contribution in [3.63, 3.8) is 0 Å². The van der Waals surface area contributed by atoms with E-state index in [-0.39, 0.29) is 5.91 Å². The molecule has 0 atom stereocenters. The number of methoxy groups -OCH3 is 1. The van der Waals surface area contributed by atoms with Gasteiger partial charge in [0.05, 0.1) is 24.1 Å². The molecular formula is C25H26N6O2. The number of nitrogens with one attached hydrogen (secondary N) is 1. The normalized spacial score (nSPS) is 14.0. The average molecular weight is 443 g/mol.